The minimum Gasteiger partial charge on any atom is -0.314 e. The highest BCUT2D eigenvalue weighted by molar-refractivity contribution is 8.23. The molecule has 0 aliphatic rings. The van der Waals surface area contributed by atoms with Crippen LogP contribution in [0.2, 0.25) is 0 Å². The zero-order chi connectivity index (χ0) is 11.3. The van der Waals surface area contributed by atoms with Crippen molar-refractivity contribution in [3.8, 4) is 0 Å². The SMILES string of the molecule is CC(C)(SC(=S)NC=O)c1ccccc1. The third-order valence-corrected chi connectivity index (χ3v) is 3.41. The Morgan fingerprint density at radius 1 is 1.40 bits per heavy atom. The van der Waals surface area contributed by atoms with Crippen LogP contribution < -0.4 is 5.32 Å². The second-order valence-corrected chi connectivity index (χ2v) is 5.83. The van der Waals surface area contributed by atoms with E-state index in [-0.39, 0.29) is 4.75 Å². The van der Waals surface area contributed by atoms with E-state index in [1.165, 1.54) is 17.3 Å². The lowest BCUT2D eigenvalue weighted by molar-refractivity contribution is -0.108. The van der Waals surface area contributed by atoms with Crippen molar-refractivity contribution >= 4 is 34.7 Å². The maximum Gasteiger partial charge on any atom is 0.212 e. The van der Waals surface area contributed by atoms with Gasteiger partial charge in [-0.3, -0.25) is 4.79 Å². The van der Waals surface area contributed by atoms with Crippen molar-refractivity contribution in [2.45, 2.75) is 18.6 Å². The predicted molar refractivity (Wildman–Crippen MR) is 68.9 cm³/mol. The molecule has 0 aromatic heterocycles. The van der Waals surface area contributed by atoms with E-state index in [4.69, 9.17) is 12.2 Å². The lowest BCUT2D eigenvalue weighted by atomic mass is 10.0. The number of hydrogen-bond acceptors (Lipinski definition) is 3. The van der Waals surface area contributed by atoms with Gasteiger partial charge in [-0.1, -0.05) is 54.3 Å². The highest BCUT2D eigenvalue weighted by Gasteiger charge is 2.22. The molecule has 1 amide bonds. The topological polar surface area (TPSA) is 29.1 Å². The van der Waals surface area contributed by atoms with Crippen molar-refractivity contribution in [1.29, 1.82) is 0 Å². The fourth-order valence-corrected chi connectivity index (χ4v) is 2.71. The number of thioether (sulfide) groups is 1. The Morgan fingerprint density at radius 2 is 2.00 bits per heavy atom. The van der Waals surface area contributed by atoms with Crippen molar-refractivity contribution in [2.75, 3.05) is 0 Å². The van der Waals surface area contributed by atoms with Gasteiger partial charge in [0.1, 0.15) is 4.32 Å². The second-order valence-electron chi connectivity index (χ2n) is 3.53. The summed E-state index contributed by atoms with van der Waals surface area (Å²) in [5.41, 5.74) is 1.19. The third-order valence-electron chi connectivity index (χ3n) is 1.99. The number of rotatable bonds is 3. The average molecular weight is 239 g/mol. The normalized spacial score (nSPS) is 10.8. The Labute approximate surface area is 99.4 Å². The van der Waals surface area contributed by atoms with Crippen LogP contribution in [0.1, 0.15) is 19.4 Å². The number of nitrogens with one attached hydrogen (secondary N) is 1. The summed E-state index contributed by atoms with van der Waals surface area (Å²) < 4.78 is 0.368. The van der Waals surface area contributed by atoms with E-state index in [9.17, 15) is 4.79 Å². The maximum absolute atomic E-state index is 10.2. The molecule has 1 N–H and O–H groups in total. The molecule has 0 aliphatic heterocycles. The first-order valence-electron chi connectivity index (χ1n) is 4.55. The molecule has 0 saturated heterocycles. The third kappa shape index (κ3) is 3.64. The monoisotopic (exact) mass is 239 g/mol. The molecule has 0 fully saturated rings. The van der Waals surface area contributed by atoms with Crippen LogP contribution in [0.15, 0.2) is 30.3 Å². The van der Waals surface area contributed by atoms with Gasteiger partial charge in [-0.15, -0.1) is 0 Å². The number of benzene rings is 1. The van der Waals surface area contributed by atoms with Gasteiger partial charge in [0.25, 0.3) is 0 Å². The Balaban J connectivity index is 2.75. The molecule has 0 unspecified atom stereocenters. The van der Waals surface area contributed by atoms with Crippen LogP contribution in [0.4, 0.5) is 0 Å². The summed E-state index contributed by atoms with van der Waals surface area (Å²) in [5, 5.41) is 2.49. The van der Waals surface area contributed by atoms with E-state index >= 15 is 0 Å². The molecule has 0 atom stereocenters. The molecule has 0 saturated carbocycles. The standard InChI is InChI=1S/C11H13NOS2/c1-11(2,15-10(14)12-8-13)9-6-4-3-5-7-9/h3-8H,1-2H3,(H,12,13,14). The van der Waals surface area contributed by atoms with Crippen molar-refractivity contribution in [3.05, 3.63) is 35.9 Å². The summed E-state index contributed by atoms with van der Waals surface area (Å²) in [5.74, 6) is 0. The molecule has 0 radical (unpaired) electrons. The van der Waals surface area contributed by atoms with E-state index < -0.39 is 0 Å². The summed E-state index contributed by atoms with van der Waals surface area (Å²) in [6.07, 6.45) is 0.608. The number of carbonyl (C=O) groups excluding carboxylic acids is 1. The highest BCUT2D eigenvalue weighted by Crippen LogP contribution is 2.35. The smallest absolute Gasteiger partial charge is 0.212 e. The van der Waals surface area contributed by atoms with Crippen molar-refractivity contribution in [1.82, 2.24) is 5.32 Å². The van der Waals surface area contributed by atoms with Crippen molar-refractivity contribution in [3.63, 3.8) is 0 Å². The van der Waals surface area contributed by atoms with Gasteiger partial charge in [-0.2, -0.15) is 0 Å². The molecule has 1 aromatic carbocycles. The average Bonchev–Trinajstić information content (AvgIpc) is 2.18. The van der Waals surface area contributed by atoms with Gasteiger partial charge in [-0.25, -0.2) is 0 Å². The summed E-state index contributed by atoms with van der Waals surface area (Å²) in [7, 11) is 0. The van der Waals surface area contributed by atoms with Crippen LogP contribution >= 0.6 is 24.0 Å². The lowest BCUT2D eigenvalue weighted by Gasteiger charge is -2.24. The molecule has 1 aromatic rings. The molecule has 0 spiro atoms. The van der Waals surface area contributed by atoms with Crippen LogP contribution in [-0.2, 0) is 9.54 Å². The van der Waals surface area contributed by atoms with Crippen molar-refractivity contribution in [2.24, 2.45) is 0 Å². The van der Waals surface area contributed by atoms with Crippen LogP contribution in [0.3, 0.4) is 0 Å². The number of amides is 1. The lowest BCUT2D eigenvalue weighted by Crippen LogP contribution is -2.22. The van der Waals surface area contributed by atoms with Gasteiger partial charge in [0.2, 0.25) is 6.41 Å². The van der Waals surface area contributed by atoms with E-state index in [2.05, 4.69) is 31.3 Å². The van der Waals surface area contributed by atoms with Gasteiger partial charge < -0.3 is 5.32 Å². The van der Waals surface area contributed by atoms with Gasteiger partial charge in [0.15, 0.2) is 0 Å². The number of carbonyl (C=O) groups is 1. The Bertz CT molecular complexity index is 349. The molecule has 1 rings (SSSR count). The first-order chi connectivity index (χ1) is 7.06. The maximum atomic E-state index is 10.2. The second kappa shape index (κ2) is 5.28. The van der Waals surface area contributed by atoms with E-state index in [1.54, 1.807) is 0 Å². The minimum atomic E-state index is -0.131. The predicted octanol–water partition coefficient (Wildman–Crippen LogP) is 2.69. The fraction of sp³-hybridized carbons (Fsp3) is 0.273. The number of thiocarbonyl (C=S) groups is 1. The van der Waals surface area contributed by atoms with E-state index in [0.29, 0.717) is 10.7 Å². The highest BCUT2D eigenvalue weighted by atomic mass is 32.2. The van der Waals surface area contributed by atoms with Crippen molar-refractivity contribution < 1.29 is 4.79 Å². The first kappa shape index (κ1) is 12.2. The van der Waals surface area contributed by atoms with Gasteiger partial charge in [0, 0.05) is 4.75 Å². The summed E-state index contributed by atoms with van der Waals surface area (Å²) >= 11 is 6.49. The molecule has 80 valence electrons. The first-order valence-corrected chi connectivity index (χ1v) is 5.77. The molecular formula is C11H13NOS2. The van der Waals surface area contributed by atoms with Gasteiger partial charge in [-0.05, 0) is 19.4 Å². The molecular weight excluding hydrogens is 226 g/mol. The Hall–Kier alpha value is -0.870. The fourth-order valence-electron chi connectivity index (χ4n) is 1.21. The van der Waals surface area contributed by atoms with Crippen LogP contribution in [0, 0.1) is 0 Å². The molecule has 2 nitrogen and oxygen atoms in total. The van der Waals surface area contributed by atoms with Crippen LogP contribution in [-0.4, -0.2) is 10.7 Å². The van der Waals surface area contributed by atoms with E-state index in [0.717, 1.165) is 0 Å². The molecule has 15 heavy (non-hydrogen) atoms. The summed E-state index contributed by atoms with van der Waals surface area (Å²) in [4.78, 5) is 10.2. The number of hydrogen-bond donors (Lipinski definition) is 1. The Kier molecular flexibility index (Phi) is 4.29. The summed E-state index contributed by atoms with van der Waals surface area (Å²) in [6, 6.07) is 10.1. The molecule has 0 heterocycles. The Morgan fingerprint density at radius 3 is 2.53 bits per heavy atom. The largest absolute Gasteiger partial charge is 0.314 e. The van der Waals surface area contributed by atoms with Crippen LogP contribution in [0.5, 0.6) is 0 Å². The zero-order valence-corrected chi connectivity index (χ0v) is 10.3. The van der Waals surface area contributed by atoms with E-state index in [1.807, 2.05) is 18.2 Å². The molecule has 4 heteroatoms. The molecule has 0 aliphatic carbocycles. The van der Waals surface area contributed by atoms with Gasteiger partial charge >= 0.3 is 0 Å². The zero-order valence-electron chi connectivity index (χ0n) is 8.69. The summed E-state index contributed by atoms with van der Waals surface area (Å²) in [6.45, 7) is 4.15. The van der Waals surface area contributed by atoms with Gasteiger partial charge in [0.05, 0.1) is 0 Å². The van der Waals surface area contributed by atoms with Crippen LogP contribution in [0.25, 0.3) is 0 Å². The quantitative estimate of drug-likeness (QED) is 0.649. The minimum absolute atomic E-state index is 0.131. The molecule has 0 bridgehead atoms.